The molecule has 1 aromatic rings. The summed E-state index contributed by atoms with van der Waals surface area (Å²) in [5.74, 6) is -1.12. The SMILES string of the molecule is CC1(C)CC1C(N)Cc1cccc(F)c1F. The Morgan fingerprint density at radius 3 is 2.62 bits per heavy atom. The second kappa shape index (κ2) is 3.81. The largest absolute Gasteiger partial charge is 0.327 e. The molecule has 0 spiro atoms. The number of hydrogen-bond donors (Lipinski definition) is 1. The van der Waals surface area contributed by atoms with Gasteiger partial charge in [0, 0.05) is 6.04 Å². The fourth-order valence-electron chi connectivity index (χ4n) is 2.34. The van der Waals surface area contributed by atoms with E-state index in [1.54, 1.807) is 6.07 Å². The average molecular weight is 225 g/mol. The molecule has 2 rings (SSSR count). The van der Waals surface area contributed by atoms with E-state index in [0.29, 0.717) is 17.9 Å². The molecule has 0 bridgehead atoms. The number of rotatable bonds is 3. The fourth-order valence-corrected chi connectivity index (χ4v) is 2.34. The quantitative estimate of drug-likeness (QED) is 0.841. The number of nitrogens with two attached hydrogens (primary N) is 1. The first-order chi connectivity index (χ1) is 7.42. The lowest BCUT2D eigenvalue weighted by molar-refractivity contribution is 0.457. The van der Waals surface area contributed by atoms with Crippen LogP contribution >= 0.6 is 0 Å². The molecule has 1 fully saturated rings. The molecule has 2 atom stereocenters. The summed E-state index contributed by atoms with van der Waals surface area (Å²) in [5.41, 5.74) is 6.67. The maximum atomic E-state index is 13.4. The fraction of sp³-hybridized carbons (Fsp3) is 0.538. The van der Waals surface area contributed by atoms with E-state index in [4.69, 9.17) is 5.73 Å². The Morgan fingerprint density at radius 1 is 1.44 bits per heavy atom. The van der Waals surface area contributed by atoms with Crippen molar-refractivity contribution < 1.29 is 8.78 Å². The van der Waals surface area contributed by atoms with E-state index in [1.807, 2.05) is 0 Å². The summed E-state index contributed by atoms with van der Waals surface area (Å²) in [5, 5.41) is 0. The summed E-state index contributed by atoms with van der Waals surface area (Å²) < 4.78 is 26.4. The minimum absolute atomic E-state index is 0.0775. The Labute approximate surface area is 94.7 Å². The molecule has 1 saturated carbocycles. The van der Waals surface area contributed by atoms with Crippen LogP contribution in [0.2, 0.25) is 0 Å². The molecule has 1 nitrogen and oxygen atoms in total. The number of hydrogen-bond acceptors (Lipinski definition) is 1. The summed E-state index contributed by atoms with van der Waals surface area (Å²) in [4.78, 5) is 0. The molecule has 0 heterocycles. The third-order valence-electron chi connectivity index (χ3n) is 3.59. The highest BCUT2D eigenvalue weighted by Gasteiger charge is 2.48. The summed E-state index contributed by atoms with van der Waals surface area (Å²) in [6, 6.07) is 4.18. The molecule has 3 heteroatoms. The van der Waals surface area contributed by atoms with Gasteiger partial charge in [-0.15, -0.1) is 0 Å². The van der Waals surface area contributed by atoms with Crippen LogP contribution in [0.5, 0.6) is 0 Å². The molecule has 88 valence electrons. The summed E-state index contributed by atoms with van der Waals surface area (Å²) in [6.07, 6.45) is 1.49. The van der Waals surface area contributed by atoms with Crippen LogP contribution in [0.3, 0.4) is 0 Å². The van der Waals surface area contributed by atoms with Gasteiger partial charge in [-0.25, -0.2) is 8.78 Å². The van der Waals surface area contributed by atoms with Crippen LogP contribution in [-0.4, -0.2) is 6.04 Å². The first kappa shape index (κ1) is 11.5. The zero-order valence-electron chi connectivity index (χ0n) is 9.63. The third kappa shape index (κ3) is 2.09. The van der Waals surface area contributed by atoms with E-state index in [0.717, 1.165) is 12.5 Å². The standard InChI is InChI=1S/C13H17F2N/c1-13(2)7-9(13)11(16)6-8-4-3-5-10(14)12(8)15/h3-5,9,11H,6-7,16H2,1-2H3. The molecule has 0 saturated heterocycles. The van der Waals surface area contributed by atoms with Gasteiger partial charge in [-0.05, 0) is 35.8 Å². The molecule has 16 heavy (non-hydrogen) atoms. The van der Waals surface area contributed by atoms with E-state index in [1.165, 1.54) is 6.07 Å². The first-order valence-corrected chi connectivity index (χ1v) is 5.60. The van der Waals surface area contributed by atoms with E-state index in [2.05, 4.69) is 13.8 Å². The Hall–Kier alpha value is -0.960. The Balaban J connectivity index is 2.07. The van der Waals surface area contributed by atoms with Crippen molar-refractivity contribution in [1.82, 2.24) is 0 Å². The highest BCUT2D eigenvalue weighted by Crippen LogP contribution is 2.53. The van der Waals surface area contributed by atoms with Gasteiger partial charge in [0.2, 0.25) is 0 Å². The number of benzene rings is 1. The van der Waals surface area contributed by atoms with Crippen LogP contribution in [0.15, 0.2) is 18.2 Å². The summed E-state index contributed by atoms with van der Waals surface area (Å²) >= 11 is 0. The maximum absolute atomic E-state index is 13.4. The molecule has 1 aliphatic rings. The highest BCUT2D eigenvalue weighted by atomic mass is 19.2. The van der Waals surface area contributed by atoms with Crippen LogP contribution in [0.1, 0.15) is 25.8 Å². The molecule has 0 aliphatic heterocycles. The van der Waals surface area contributed by atoms with Crippen LogP contribution in [0, 0.1) is 23.0 Å². The van der Waals surface area contributed by atoms with Crippen molar-refractivity contribution in [2.24, 2.45) is 17.1 Å². The van der Waals surface area contributed by atoms with Gasteiger partial charge in [0.25, 0.3) is 0 Å². The van der Waals surface area contributed by atoms with Crippen molar-refractivity contribution in [3.63, 3.8) is 0 Å². The van der Waals surface area contributed by atoms with Crippen LogP contribution in [0.25, 0.3) is 0 Å². The van der Waals surface area contributed by atoms with E-state index < -0.39 is 11.6 Å². The maximum Gasteiger partial charge on any atom is 0.162 e. The van der Waals surface area contributed by atoms with Gasteiger partial charge in [-0.3, -0.25) is 0 Å². The van der Waals surface area contributed by atoms with Gasteiger partial charge >= 0.3 is 0 Å². The zero-order valence-corrected chi connectivity index (χ0v) is 9.63. The van der Waals surface area contributed by atoms with Crippen molar-refractivity contribution in [3.8, 4) is 0 Å². The lowest BCUT2D eigenvalue weighted by Crippen LogP contribution is -2.27. The second-order valence-electron chi connectivity index (χ2n) is 5.38. The topological polar surface area (TPSA) is 26.0 Å². The number of halogens is 2. The minimum Gasteiger partial charge on any atom is -0.327 e. The minimum atomic E-state index is -0.792. The summed E-state index contributed by atoms with van der Waals surface area (Å²) in [7, 11) is 0. The van der Waals surface area contributed by atoms with Crippen LogP contribution in [0.4, 0.5) is 8.78 Å². The molecule has 0 aromatic heterocycles. The molecule has 1 aromatic carbocycles. The second-order valence-corrected chi connectivity index (χ2v) is 5.38. The smallest absolute Gasteiger partial charge is 0.162 e. The van der Waals surface area contributed by atoms with E-state index >= 15 is 0 Å². The van der Waals surface area contributed by atoms with E-state index in [9.17, 15) is 8.78 Å². The van der Waals surface area contributed by atoms with E-state index in [-0.39, 0.29) is 11.5 Å². The van der Waals surface area contributed by atoms with Crippen molar-refractivity contribution in [2.45, 2.75) is 32.7 Å². The third-order valence-corrected chi connectivity index (χ3v) is 3.59. The molecule has 1 aliphatic carbocycles. The first-order valence-electron chi connectivity index (χ1n) is 5.60. The van der Waals surface area contributed by atoms with Crippen molar-refractivity contribution in [2.75, 3.05) is 0 Å². The monoisotopic (exact) mass is 225 g/mol. The molecule has 2 unspecified atom stereocenters. The average Bonchev–Trinajstić information content (AvgIpc) is 2.83. The summed E-state index contributed by atoms with van der Waals surface area (Å²) in [6.45, 7) is 4.30. The van der Waals surface area contributed by atoms with Gasteiger partial charge in [-0.1, -0.05) is 26.0 Å². The Bertz CT molecular complexity index is 401. The molecular weight excluding hydrogens is 208 g/mol. The van der Waals surface area contributed by atoms with Gasteiger partial charge in [0.1, 0.15) is 0 Å². The molecule has 0 amide bonds. The van der Waals surface area contributed by atoms with Crippen LogP contribution < -0.4 is 5.73 Å². The Morgan fingerprint density at radius 2 is 2.06 bits per heavy atom. The van der Waals surface area contributed by atoms with Gasteiger partial charge in [-0.2, -0.15) is 0 Å². The predicted octanol–water partition coefficient (Wildman–Crippen LogP) is 2.88. The lowest BCUT2D eigenvalue weighted by Gasteiger charge is -2.14. The van der Waals surface area contributed by atoms with Crippen LogP contribution in [-0.2, 0) is 6.42 Å². The Kier molecular flexibility index (Phi) is 2.74. The van der Waals surface area contributed by atoms with Gasteiger partial charge in [0.15, 0.2) is 11.6 Å². The zero-order chi connectivity index (χ0) is 11.9. The molecule has 2 N–H and O–H groups in total. The lowest BCUT2D eigenvalue weighted by atomic mass is 9.98. The highest BCUT2D eigenvalue weighted by molar-refractivity contribution is 5.21. The van der Waals surface area contributed by atoms with Gasteiger partial charge < -0.3 is 5.73 Å². The predicted molar refractivity (Wildman–Crippen MR) is 59.9 cm³/mol. The van der Waals surface area contributed by atoms with Crippen molar-refractivity contribution in [1.29, 1.82) is 0 Å². The van der Waals surface area contributed by atoms with Crippen molar-refractivity contribution >= 4 is 0 Å². The van der Waals surface area contributed by atoms with Gasteiger partial charge in [0.05, 0.1) is 0 Å². The molecular formula is C13H17F2N. The normalized spacial score (nSPS) is 24.2. The van der Waals surface area contributed by atoms with Crippen molar-refractivity contribution in [3.05, 3.63) is 35.4 Å². The molecule has 0 radical (unpaired) electrons.